The molecule has 1 amide bonds. The van der Waals surface area contributed by atoms with Gasteiger partial charge in [0, 0.05) is 12.2 Å². The Morgan fingerprint density at radius 2 is 2.53 bits per heavy atom. The first-order valence-corrected chi connectivity index (χ1v) is 4.99. The van der Waals surface area contributed by atoms with Crippen molar-refractivity contribution in [2.24, 2.45) is 0 Å². The normalized spacial score (nSPS) is 9.07. The zero-order chi connectivity index (χ0) is 11.3. The van der Waals surface area contributed by atoms with Gasteiger partial charge in [-0.3, -0.25) is 9.69 Å². The van der Waals surface area contributed by atoms with E-state index >= 15 is 0 Å². The van der Waals surface area contributed by atoms with Crippen LogP contribution in [0.3, 0.4) is 0 Å². The lowest BCUT2D eigenvalue weighted by atomic mass is 10.2. The molecule has 0 aromatic carbocycles. The van der Waals surface area contributed by atoms with Crippen LogP contribution in [-0.4, -0.2) is 22.3 Å². The average molecular weight is 265 g/mol. The summed E-state index contributed by atoms with van der Waals surface area (Å²) < 4.78 is 0.485. The van der Waals surface area contributed by atoms with Gasteiger partial charge in [-0.05, 0) is 28.1 Å². The lowest BCUT2D eigenvalue weighted by Crippen LogP contribution is -2.26. The van der Waals surface area contributed by atoms with Crippen LogP contribution in [-0.2, 0) is 0 Å². The Morgan fingerprint density at radius 3 is 3.07 bits per heavy atom. The lowest BCUT2D eigenvalue weighted by molar-refractivity contribution is 0.0845. The van der Waals surface area contributed by atoms with E-state index in [1.165, 1.54) is 4.90 Å². The van der Waals surface area contributed by atoms with E-state index in [1.807, 2.05) is 0 Å². The van der Waals surface area contributed by atoms with Gasteiger partial charge in [0.25, 0.3) is 5.91 Å². The van der Waals surface area contributed by atoms with Crippen molar-refractivity contribution in [3.05, 3.63) is 41.2 Å². The molecule has 3 nitrogen and oxygen atoms in total. The van der Waals surface area contributed by atoms with Gasteiger partial charge < -0.3 is 0 Å². The number of pyridine rings is 1. The first-order chi connectivity index (χ1) is 7.20. The fourth-order valence-electron chi connectivity index (χ4n) is 1.01. The molecule has 1 rings (SSSR count). The summed E-state index contributed by atoms with van der Waals surface area (Å²) in [5.41, 5.74) is 0.442. The van der Waals surface area contributed by atoms with Gasteiger partial charge in [-0.2, -0.15) is 0 Å². The first-order valence-electron chi connectivity index (χ1n) is 4.20. The SMILES string of the molecule is C#CN(CC=C)C(=O)c1cccnc1Br. The molecule has 0 spiro atoms. The van der Waals surface area contributed by atoms with E-state index in [-0.39, 0.29) is 5.91 Å². The highest BCUT2D eigenvalue weighted by molar-refractivity contribution is 9.10. The molecular weight excluding hydrogens is 256 g/mol. The van der Waals surface area contributed by atoms with E-state index in [0.29, 0.717) is 16.7 Å². The smallest absolute Gasteiger partial charge is 0.268 e. The maximum absolute atomic E-state index is 11.9. The summed E-state index contributed by atoms with van der Waals surface area (Å²) in [6.45, 7) is 3.85. The summed E-state index contributed by atoms with van der Waals surface area (Å²) in [6.07, 6.45) is 8.38. The van der Waals surface area contributed by atoms with E-state index in [0.717, 1.165) is 0 Å². The molecule has 0 fully saturated rings. The number of carbonyl (C=O) groups is 1. The van der Waals surface area contributed by atoms with Gasteiger partial charge in [0.15, 0.2) is 0 Å². The van der Waals surface area contributed by atoms with E-state index in [2.05, 4.69) is 33.5 Å². The Bertz CT molecular complexity index is 423. The number of carbonyl (C=O) groups excluding carboxylic acids is 1. The summed E-state index contributed by atoms with van der Waals surface area (Å²) in [5.74, 6) is -0.266. The minimum atomic E-state index is -0.266. The predicted octanol–water partition coefficient (Wildman–Crippen LogP) is 2.06. The van der Waals surface area contributed by atoms with Gasteiger partial charge in [-0.15, -0.1) is 6.58 Å². The second-order valence-electron chi connectivity index (χ2n) is 2.68. The van der Waals surface area contributed by atoms with Crippen LogP contribution in [0.25, 0.3) is 0 Å². The van der Waals surface area contributed by atoms with Crippen LogP contribution in [0, 0.1) is 12.5 Å². The first kappa shape index (κ1) is 11.5. The Morgan fingerprint density at radius 1 is 1.80 bits per heavy atom. The molecule has 0 aliphatic carbocycles. The summed E-state index contributed by atoms with van der Waals surface area (Å²) in [7, 11) is 0. The summed E-state index contributed by atoms with van der Waals surface area (Å²) in [4.78, 5) is 17.0. The lowest BCUT2D eigenvalue weighted by Gasteiger charge is -2.13. The summed E-state index contributed by atoms with van der Waals surface area (Å²) in [6, 6.07) is 5.63. The molecule has 15 heavy (non-hydrogen) atoms. The van der Waals surface area contributed by atoms with Crippen LogP contribution in [0.15, 0.2) is 35.6 Å². The third-order valence-electron chi connectivity index (χ3n) is 1.70. The van der Waals surface area contributed by atoms with Crippen LogP contribution >= 0.6 is 15.9 Å². The van der Waals surface area contributed by atoms with E-state index in [4.69, 9.17) is 6.42 Å². The number of hydrogen-bond donors (Lipinski definition) is 0. The molecule has 0 bridgehead atoms. The number of amides is 1. The number of aromatic nitrogens is 1. The molecule has 0 saturated heterocycles. The molecule has 0 N–H and O–H groups in total. The predicted molar refractivity (Wildman–Crippen MR) is 62.0 cm³/mol. The molecule has 0 saturated carbocycles. The van der Waals surface area contributed by atoms with Crippen LogP contribution in [0.5, 0.6) is 0 Å². The second kappa shape index (κ2) is 5.32. The molecule has 4 heteroatoms. The molecular formula is C11H9BrN2O. The largest absolute Gasteiger partial charge is 0.268 e. The van der Waals surface area contributed by atoms with Gasteiger partial charge in [-0.25, -0.2) is 4.98 Å². The standard InChI is InChI=1S/C11H9BrN2O/c1-3-8-14(4-2)11(15)9-6-5-7-13-10(9)12/h2-3,5-7H,1,8H2. The van der Waals surface area contributed by atoms with E-state index in [1.54, 1.807) is 24.4 Å². The molecule has 1 aromatic rings. The third kappa shape index (κ3) is 2.67. The second-order valence-corrected chi connectivity index (χ2v) is 3.43. The van der Waals surface area contributed by atoms with Crippen molar-refractivity contribution in [3.63, 3.8) is 0 Å². The molecule has 76 valence electrons. The number of halogens is 1. The highest BCUT2D eigenvalue weighted by Gasteiger charge is 2.15. The zero-order valence-electron chi connectivity index (χ0n) is 7.98. The molecule has 0 radical (unpaired) electrons. The third-order valence-corrected chi connectivity index (χ3v) is 2.33. The molecule has 0 unspecified atom stereocenters. The van der Waals surface area contributed by atoms with E-state index in [9.17, 15) is 4.79 Å². The Labute approximate surface area is 96.9 Å². The summed E-state index contributed by atoms with van der Waals surface area (Å²) in [5, 5.41) is 0. The minimum Gasteiger partial charge on any atom is -0.268 e. The molecule has 0 atom stereocenters. The summed E-state index contributed by atoms with van der Waals surface area (Å²) >= 11 is 3.19. The fraction of sp³-hybridized carbons (Fsp3) is 0.0909. The maximum Gasteiger partial charge on any atom is 0.268 e. The number of rotatable bonds is 3. The van der Waals surface area contributed by atoms with Gasteiger partial charge in [-0.1, -0.05) is 12.5 Å². The molecule has 1 heterocycles. The maximum atomic E-state index is 11.9. The van der Waals surface area contributed by atoms with Crippen LogP contribution in [0.2, 0.25) is 0 Å². The number of nitrogens with zero attached hydrogens (tertiary/aromatic N) is 2. The topological polar surface area (TPSA) is 33.2 Å². The quantitative estimate of drug-likeness (QED) is 0.363. The van der Waals surface area contributed by atoms with Gasteiger partial charge in [0.1, 0.15) is 4.60 Å². The van der Waals surface area contributed by atoms with Crippen molar-refractivity contribution in [1.82, 2.24) is 9.88 Å². The highest BCUT2D eigenvalue weighted by atomic mass is 79.9. The molecule has 0 aliphatic heterocycles. The zero-order valence-corrected chi connectivity index (χ0v) is 9.57. The fourth-order valence-corrected chi connectivity index (χ4v) is 1.43. The van der Waals surface area contributed by atoms with Crippen LogP contribution in [0.1, 0.15) is 10.4 Å². The Kier molecular flexibility index (Phi) is 4.07. The number of terminal acetylenes is 1. The minimum absolute atomic E-state index is 0.266. The van der Waals surface area contributed by atoms with Crippen molar-refractivity contribution in [2.75, 3.05) is 6.54 Å². The van der Waals surface area contributed by atoms with Crippen LogP contribution in [0.4, 0.5) is 0 Å². The van der Waals surface area contributed by atoms with Crippen molar-refractivity contribution >= 4 is 21.8 Å². The van der Waals surface area contributed by atoms with Gasteiger partial charge in [0.05, 0.1) is 12.1 Å². The Balaban J connectivity index is 2.99. The van der Waals surface area contributed by atoms with Crippen LogP contribution < -0.4 is 0 Å². The van der Waals surface area contributed by atoms with E-state index < -0.39 is 0 Å². The van der Waals surface area contributed by atoms with Crippen molar-refractivity contribution in [1.29, 1.82) is 0 Å². The number of hydrogen-bond acceptors (Lipinski definition) is 2. The molecule has 1 aromatic heterocycles. The van der Waals surface area contributed by atoms with Crippen molar-refractivity contribution in [2.45, 2.75) is 0 Å². The average Bonchev–Trinajstić information content (AvgIpc) is 2.25. The van der Waals surface area contributed by atoms with Gasteiger partial charge in [0.2, 0.25) is 0 Å². The Hall–Kier alpha value is -1.60. The molecule has 0 aliphatic rings. The highest BCUT2D eigenvalue weighted by Crippen LogP contribution is 2.14. The van der Waals surface area contributed by atoms with Crippen molar-refractivity contribution < 1.29 is 4.79 Å². The van der Waals surface area contributed by atoms with Gasteiger partial charge >= 0.3 is 0 Å². The van der Waals surface area contributed by atoms with Crippen molar-refractivity contribution in [3.8, 4) is 12.5 Å². The monoisotopic (exact) mass is 264 g/mol.